The quantitative estimate of drug-likeness (QED) is 0.766. The molecule has 1 aliphatic rings. The summed E-state index contributed by atoms with van der Waals surface area (Å²) in [4.78, 5) is 14.5. The molecule has 1 fully saturated rings. The minimum absolute atomic E-state index is 0.0189. The lowest BCUT2D eigenvalue weighted by Gasteiger charge is -2.23. The minimum atomic E-state index is -0.673. The molecule has 21 heavy (non-hydrogen) atoms. The van der Waals surface area contributed by atoms with Gasteiger partial charge in [-0.3, -0.25) is 4.79 Å². The highest BCUT2D eigenvalue weighted by atomic mass is 16.3. The molecular weight excluding hydrogens is 264 g/mol. The Morgan fingerprint density at radius 2 is 2.14 bits per heavy atom. The van der Waals surface area contributed by atoms with Crippen LogP contribution in [-0.2, 0) is 0 Å². The maximum atomic E-state index is 12.7. The molecule has 0 aliphatic carbocycles. The number of nitrogens with zero attached hydrogens (tertiary/aromatic N) is 1. The first kappa shape index (κ1) is 15.6. The number of hydrogen-bond acceptors (Lipinski definition) is 3. The van der Waals surface area contributed by atoms with Gasteiger partial charge in [-0.05, 0) is 38.3 Å². The number of carbonyl (C=O) groups is 1. The summed E-state index contributed by atoms with van der Waals surface area (Å²) in [5, 5.41) is 10.1. The van der Waals surface area contributed by atoms with Gasteiger partial charge in [0.05, 0.1) is 17.7 Å². The average molecular weight is 286 g/mol. The van der Waals surface area contributed by atoms with Gasteiger partial charge in [0, 0.05) is 18.7 Å². The predicted octanol–water partition coefficient (Wildman–Crippen LogP) is 1.37. The zero-order valence-corrected chi connectivity index (χ0v) is 12.4. The molecule has 4 nitrogen and oxygen atoms in total. The number of rotatable bonds is 1. The van der Waals surface area contributed by atoms with Crippen LogP contribution in [0.15, 0.2) is 24.3 Å². The monoisotopic (exact) mass is 286 g/mol. The second kappa shape index (κ2) is 6.75. The van der Waals surface area contributed by atoms with Crippen molar-refractivity contribution in [2.75, 3.05) is 19.6 Å². The fraction of sp³-hybridized carbons (Fsp3) is 0.471. The second-order valence-electron chi connectivity index (χ2n) is 5.69. The SMILES string of the molecule is CC1(O)CCCN(C(=O)c2ccccc2C#CCN)CC1. The lowest BCUT2D eigenvalue weighted by Crippen LogP contribution is -2.33. The fourth-order valence-electron chi connectivity index (χ4n) is 2.56. The van der Waals surface area contributed by atoms with Crippen LogP contribution < -0.4 is 5.73 Å². The van der Waals surface area contributed by atoms with Gasteiger partial charge in [0.25, 0.3) is 5.91 Å². The van der Waals surface area contributed by atoms with Gasteiger partial charge in [0.15, 0.2) is 0 Å². The summed E-state index contributed by atoms with van der Waals surface area (Å²) in [6.07, 6.45) is 2.15. The predicted molar refractivity (Wildman–Crippen MR) is 82.8 cm³/mol. The number of aliphatic hydroxyl groups is 1. The third kappa shape index (κ3) is 4.07. The van der Waals surface area contributed by atoms with Gasteiger partial charge in [-0.1, -0.05) is 24.0 Å². The Kier molecular flexibility index (Phi) is 5.00. The van der Waals surface area contributed by atoms with Crippen molar-refractivity contribution in [2.24, 2.45) is 5.73 Å². The lowest BCUT2D eigenvalue weighted by atomic mass is 9.98. The molecule has 1 heterocycles. The van der Waals surface area contributed by atoms with Crippen LogP contribution in [-0.4, -0.2) is 41.1 Å². The Morgan fingerprint density at radius 3 is 2.90 bits per heavy atom. The van der Waals surface area contributed by atoms with Crippen LogP contribution in [0.5, 0.6) is 0 Å². The summed E-state index contributed by atoms with van der Waals surface area (Å²) in [5.41, 5.74) is 6.05. The smallest absolute Gasteiger partial charge is 0.255 e. The molecule has 0 spiro atoms. The maximum absolute atomic E-state index is 12.7. The Morgan fingerprint density at radius 1 is 1.38 bits per heavy atom. The average Bonchev–Trinajstić information content (AvgIpc) is 2.65. The highest BCUT2D eigenvalue weighted by molar-refractivity contribution is 5.96. The largest absolute Gasteiger partial charge is 0.390 e. The van der Waals surface area contributed by atoms with Gasteiger partial charge >= 0.3 is 0 Å². The van der Waals surface area contributed by atoms with Crippen LogP contribution in [0.2, 0.25) is 0 Å². The van der Waals surface area contributed by atoms with Crippen molar-refractivity contribution >= 4 is 5.91 Å². The molecule has 1 saturated heterocycles. The van der Waals surface area contributed by atoms with Crippen molar-refractivity contribution in [1.82, 2.24) is 4.90 Å². The molecule has 0 bridgehead atoms. The number of likely N-dealkylation sites (tertiary alicyclic amines) is 1. The van der Waals surface area contributed by atoms with Crippen LogP contribution >= 0.6 is 0 Å². The van der Waals surface area contributed by atoms with Gasteiger partial charge in [-0.15, -0.1) is 0 Å². The number of hydrogen-bond donors (Lipinski definition) is 2. The van der Waals surface area contributed by atoms with Crippen molar-refractivity contribution in [3.63, 3.8) is 0 Å². The molecule has 1 unspecified atom stereocenters. The van der Waals surface area contributed by atoms with Crippen molar-refractivity contribution in [3.8, 4) is 11.8 Å². The van der Waals surface area contributed by atoms with Gasteiger partial charge in [0.2, 0.25) is 0 Å². The Bertz CT molecular complexity index is 570. The van der Waals surface area contributed by atoms with E-state index in [1.165, 1.54) is 0 Å². The molecule has 0 radical (unpaired) electrons. The Labute approximate surface area is 125 Å². The first-order valence-electron chi connectivity index (χ1n) is 7.33. The van der Waals surface area contributed by atoms with E-state index < -0.39 is 5.60 Å². The zero-order valence-electron chi connectivity index (χ0n) is 12.4. The molecule has 4 heteroatoms. The summed E-state index contributed by atoms with van der Waals surface area (Å²) in [6, 6.07) is 7.34. The van der Waals surface area contributed by atoms with E-state index in [2.05, 4.69) is 11.8 Å². The number of nitrogens with two attached hydrogens (primary N) is 1. The molecule has 1 atom stereocenters. The zero-order chi connectivity index (χ0) is 15.3. The van der Waals surface area contributed by atoms with Crippen LogP contribution in [0.3, 0.4) is 0 Å². The summed E-state index contributed by atoms with van der Waals surface area (Å²) in [6.45, 7) is 3.36. The van der Waals surface area contributed by atoms with Crippen molar-refractivity contribution in [3.05, 3.63) is 35.4 Å². The van der Waals surface area contributed by atoms with Crippen LogP contribution in [0.25, 0.3) is 0 Å². The van der Waals surface area contributed by atoms with E-state index in [0.29, 0.717) is 30.6 Å². The fourth-order valence-corrected chi connectivity index (χ4v) is 2.56. The van der Waals surface area contributed by atoms with Gasteiger partial charge in [0.1, 0.15) is 0 Å². The third-order valence-electron chi connectivity index (χ3n) is 3.83. The van der Waals surface area contributed by atoms with E-state index >= 15 is 0 Å². The highest BCUT2D eigenvalue weighted by Crippen LogP contribution is 2.23. The van der Waals surface area contributed by atoms with E-state index in [0.717, 1.165) is 12.8 Å². The molecule has 1 aromatic carbocycles. The summed E-state index contributed by atoms with van der Waals surface area (Å²) in [5.74, 6) is 5.73. The molecule has 1 aromatic rings. The van der Waals surface area contributed by atoms with Crippen LogP contribution in [0.1, 0.15) is 42.1 Å². The lowest BCUT2D eigenvalue weighted by molar-refractivity contribution is 0.0438. The summed E-state index contributed by atoms with van der Waals surface area (Å²) >= 11 is 0. The molecule has 112 valence electrons. The molecule has 0 saturated carbocycles. The molecular formula is C17H22N2O2. The van der Waals surface area contributed by atoms with E-state index in [4.69, 9.17) is 5.73 Å². The van der Waals surface area contributed by atoms with E-state index in [1.807, 2.05) is 30.0 Å². The van der Waals surface area contributed by atoms with Crippen molar-refractivity contribution < 1.29 is 9.90 Å². The van der Waals surface area contributed by atoms with Gasteiger partial charge in [-0.2, -0.15) is 0 Å². The number of benzene rings is 1. The molecule has 1 amide bonds. The number of carbonyl (C=O) groups excluding carboxylic acids is 1. The minimum Gasteiger partial charge on any atom is -0.390 e. The summed E-state index contributed by atoms with van der Waals surface area (Å²) < 4.78 is 0. The molecule has 3 N–H and O–H groups in total. The molecule has 1 aliphatic heterocycles. The van der Waals surface area contributed by atoms with E-state index in [-0.39, 0.29) is 12.5 Å². The van der Waals surface area contributed by atoms with Crippen molar-refractivity contribution in [1.29, 1.82) is 0 Å². The summed E-state index contributed by atoms with van der Waals surface area (Å²) in [7, 11) is 0. The molecule has 0 aromatic heterocycles. The third-order valence-corrected chi connectivity index (χ3v) is 3.83. The van der Waals surface area contributed by atoms with E-state index in [1.54, 1.807) is 6.07 Å². The van der Waals surface area contributed by atoms with E-state index in [9.17, 15) is 9.90 Å². The first-order valence-corrected chi connectivity index (χ1v) is 7.33. The van der Waals surface area contributed by atoms with Crippen LogP contribution in [0, 0.1) is 11.8 Å². The Balaban J connectivity index is 2.20. The standard InChI is InChI=1S/C17H22N2O2/c1-17(21)9-5-12-19(13-10-17)16(20)15-8-3-2-6-14(15)7-4-11-18/h2-3,6,8,21H,5,9-13,18H2,1H3. The van der Waals surface area contributed by atoms with Gasteiger partial charge < -0.3 is 15.7 Å². The normalized spacial score (nSPS) is 22.1. The van der Waals surface area contributed by atoms with Gasteiger partial charge in [-0.25, -0.2) is 0 Å². The van der Waals surface area contributed by atoms with Crippen LogP contribution in [0.4, 0.5) is 0 Å². The maximum Gasteiger partial charge on any atom is 0.255 e. The highest BCUT2D eigenvalue weighted by Gasteiger charge is 2.27. The van der Waals surface area contributed by atoms with Crippen molar-refractivity contribution in [2.45, 2.75) is 31.8 Å². The second-order valence-corrected chi connectivity index (χ2v) is 5.69. The topological polar surface area (TPSA) is 66.6 Å². The Hall–Kier alpha value is -1.83. The number of amides is 1. The molecule has 2 rings (SSSR count). The first-order chi connectivity index (χ1) is 10.0.